The van der Waals surface area contributed by atoms with E-state index in [1.807, 2.05) is 0 Å². The molecule has 1 fully saturated rings. The van der Waals surface area contributed by atoms with Crippen LogP contribution in [0.15, 0.2) is 34.1 Å². The Balaban J connectivity index is 2.23. The van der Waals surface area contributed by atoms with Crippen LogP contribution in [0.25, 0.3) is 6.08 Å². The Hall–Kier alpha value is -1.41. The predicted octanol–water partition coefficient (Wildman–Crippen LogP) is 5.01. The van der Waals surface area contributed by atoms with Crippen molar-refractivity contribution in [3.63, 3.8) is 0 Å². The van der Waals surface area contributed by atoms with Crippen molar-refractivity contribution < 1.29 is 13.2 Å². The zero-order valence-electron chi connectivity index (χ0n) is 10.1. The standard InChI is InChI=1S/C14H12F3NS/c15-14(16,17)19(9-18)12-7-2-1-4-11(12)8-13(19)10-5-3-6-10/h1-2,4,7-8,10H,3,5-6H2. The molecule has 1 atom stereocenters. The lowest BCUT2D eigenvalue weighted by Gasteiger charge is -2.40. The van der Waals surface area contributed by atoms with Crippen molar-refractivity contribution in [2.24, 2.45) is 5.92 Å². The molecule has 1 heterocycles. The van der Waals surface area contributed by atoms with Crippen LogP contribution >= 0.6 is 10.0 Å². The minimum atomic E-state index is -4.49. The Morgan fingerprint density at radius 2 is 1.89 bits per heavy atom. The molecule has 0 radical (unpaired) electrons. The SMILES string of the molecule is N#CS1(C(F)(F)F)C(C2CCC2)=Cc2ccccc21. The van der Waals surface area contributed by atoms with E-state index in [-0.39, 0.29) is 10.8 Å². The summed E-state index contributed by atoms with van der Waals surface area (Å²) in [7, 11) is -3.51. The van der Waals surface area contributed by atoms with Crippen LogP contribution in [0.4, 0.5) is 13.2 Å². The van der Waals surface area contributed by atoms with Crippen molar-refractivity contribution in [2.75, 3.05) is 0 Å². The van der Waals surface area contributed by atoms with Crippen LogP contribution in [0.2, 0.25) is 0 Å². The number of halogens is 3. The topological polar surface area (TPSA) is 23.8 Å². The van der Waals surface area contributed by atoms with Crippen LogP contribution in [-0.4, -0.2) is 5.51 Å². The van der Waals surface area contributed by atoms with Crippen LogP contribution in [0.1, 0.15) is 24.8 Å². The van der Waals surface area contributed by atoms with Crippen LogP contribution in [0.3, 0.4) is 0 Å². The van der Waals surface area contributed by atoms with Gasteiger partial charge in [0.05, 0.1) is 0 Å². The van der Waals surface area contributed by atoms with Gasteiger partial charge in [-0.3, -0.25) is 0 Å². The van der Waals surface area contributed by atoms with Gasteiger partial charge in [-0.15, -0.1) is 0 Å². The molecular formula is C14H12F3NS. The van der Waals surface area contributed by atoms with E-state index < -0.39 is 15.5 Å². The zero-order valence-corrected chi connectivity index (χ0v) is 10.9. The zero-order chi connectivity index (χ0) is 13.7. The maximum Gasteiger partial charge on any atom is 0.445 e. The Morgan fingerprint density at radius 3 is 2.42 bits per heavy atom. The molecule has 1 aliphatic heterocycles. The van der Waals surface area contributed by atoms with E-state index in [0.29, 0.717) is 10.5 Å². The molecule has 2 aliphatic rings. The molecule has 0 bridgehead atoms. The number of benzene rings is 1. The number of nitrogens with zero attached hydrogens (tertiary/aromatic N) is 1. The lowest BCUT2D eigenvalue weighted by atomic mass is 9.85. The first-order valence-electron chi connectivity index (χ1n) is 6.12. The first-order chi connectivity index (χ1) is 9.00. The van der Waals surface area contributed by atoms with Gasteiger partial charge >= 0.3 is 5.51 Å². The highest BCUT2D eigenvalue weighted by Crippen LogP contribution is 2.78. The van der Waals surface area contributed by atoms with Gasteiger partial charge in [0.25, 0.3) is 0 Å². The monoisotopic (exact) mass is 283 g/mol. The van der Waals surface area contributed by atoms with E-state index in [1.54, 1.807) is 29.7 Å². The molecule has 1 nitrogen and oxygen atoms in total. The van der Waals surface area contributed by atoms with Gasteiger partial charge in [-0.05, 0) is 51.4 Å². The summed E-state index contributed by atoms with van der Waals surface area (Å²) in [4.78, 5) is 0.502. The highest BCUT2D eigenvalue weighted by Gasteiger charge is 2.59. The quantitative estimate of drug-likeness (QED) is 0.665. The number of alkyl halides is 3. The van der Waals surface area contributed by atoms with Crippen molar-refractivity contribution in [1.29, 1.82) is 5.26 Å². The van der Waals surface area contributed by atoms with E-state index in [0.717, 1.165) is 19.3 Å². The van der Waals surface area contributed by atoms with E-state index in [1.165, 1.54) is 6.07 Å². The molecule has 0 spiro atoms. The Labute approximate surface area is 111 Å². The number of rotatable bonds is 1. The molecular weight excluding hydrogens is 271 g/mol. The lowest BCUT2D eigenvalue weighted by molar-refractivity contribution is -0.0368. The summed E-state index contributed by atoms with van der Waals surface area (Å²) >= 11 is 0. The van der Waals surface area contributed by atoms with Gasteiger partial charge in [0.1, 0.15) is 5.40 Å². The van der Waals surface area contributed by atoms with Crippen LogP contribution < -0.4 is 0 Å². The number of nitriles is 1. The summed E-state index contributed by atoms with van der Waals surface area (Å²) in [6.07, 6.45) is 4.11. The van der Waals surface area contributed by atoms with E-state index >= 15 is 0 Å². The number of fused-ring (bicyclic) bond motifs is 1. The van der Waals surface area contributed by atoms with Crippen LogP contribution in [-0.2, 0) is 0 Å². The van der Waals surface area contributed by atoms with Crippen molar-refractivity contribution in [1.82, 2.24) is 0 Å². The van der Waals surface area contributed by atoms with Crippen LogP contribution in [0.5, 0.6) is 0 Å². The summed E-state index contributed by atoms with van der Waals surface area (Å²) in [6, 6.07) is 6.44. The molecule has 19 heavy (non-hydrogen) atoms. The largest absolute Gasteiger partial charge is 0.445 e. The number of allylic oxidation sites excluding steroid dienone is 1. The minimum Gasteiger partial charge on any atom is -0.186 e. The highest BCUT2D eigenvalue weighted by atomic mass is 32.3. The van der Waals surface area contributed by atoms with Gasteiger partial charge < -0.3 is 0 Å². The van der Waals surface area contributed by atoms with Crippen molar-refractivity contribution in [3.8, 4) is 5.40 Å². The predicted molar refractivity (Wildman–Crippen MR) is 69.3 cm³/mol. The molecule has 0 saturated heterocycles. The Kier molecular flexibility index (Phi) is 2.68. The number of thiocyanates is 1. The van der Waals surface area contributed by atoms with E-state index in [4.69, 9.17) is 0 Å². The minimum absolute atomic E-state index is 0.0660. The number of hydrogen-bond acceptors (Lipinski definition) is 1. The fourth-order valence-electron chi connectivity index (χ4n) is 2.72. The lowest BCUT2D eigenvalue weighted by Crippen LogP contribution is -2.25. The summed E-state index contributed by atoms with van der Waals surface area (Å²) in [5.41, 5.74) is -3.92. The summed E-state index contributed by atoms with van der Waals surface area (Å²) < 4.78 is 40.9. The molecule has 1 unspecified atom stereocenters. The Morgan fingerprint density at radius 1 is 1.21 bits per heavy atom. The molecule has 1 aromatic carbocycles. The third-order valence-electron chi connectivity index (χ3n) is 3.89. The first-order valence-corrected chi connectivity index (χ1v) is 7.75. The van der Waals surface area contributed by atoms with Gasteiger partial charge in [0.15, 0.2) is 0 Å². The van der Waals surface area contributed by atoms with Crippen molar-refractivity contribution >= 4 is 16.1 Å². The van der Waals surface area contributed by atoms with Gasteiger partial charge in [0, 0.05) is 4.90 Å². The molecule has 1 aliphatic carbocycles. The molecule has 0 aromatic heterocycles. The van der Waals surface area contributed by atoms with Gasteiger partial charge in [-0.2, -0.15) is 18.4 Å². The highest BCUT2D eigenvalue weighted by molar-refractivity contribution is 8.41. The normalized spacial score (nSPS) is 29.7. The van der Waals surface area contributed by atoms with Crippen molar-refractivity contribution in [2.45, 2.75) is 29.7 Å². The maximum absolute atomic E-state index is 13.6. The number of hydrogen-bond donors (Lipinski definition) is 0. The van der Waals surface area contributed by atoms with Crippen LogP contribution in [0, 0.1) is 16.6 Å². The molecule has 5 heteroatoms. The van der Waals surface area contributed by atoms with Gasteiger partial charge in [0.2, 0.25) is 0 Å². The second kappa shape index (κ2) is 4.04. The Bertz CT molecular complexity index is 595. The second-order valence-corrected chi connectivity index (χ2v) is 7.64. The first kappa shape index (κ1) is 12.6. The fraction of sp³-hybridized carbons (Fsp3) is 0.357. The fourth-order valence-corrected chi connectivity index (χ4v) is 5.60. The van der Waals surface area contributed by atoms with E-state index in [9.17, 15) is 18.4 Å². The van der Waals surface area contributed by atoms with Crippen molar-refractivity contribution in [3.05, 3.63) is 34.7 Å². The third-order valence-corrected chi connectivity index (χ3v) is 7.05. The third kappa shape index (κ3) is 1.56. The van der Waals surface area contributed by atoms with E-state index in [2.05, 4.69) is 0 Å². The molecule has 100 valence electrons. The summed E-state index contributed by atoms with van der Waals surface area (Å²) in [6.45, 7) is 0. The molecule has 0 amide bonds. The average Bonchev–Trinajstić information content (AvgIpc) is 2.60. The average molecular weight is 283 g/mol. The molecule has 1 aromatic rings. The van der Waals surface area contributed by atoms with Gasteiger partial charge in [-0.25, -0.2) is 0 Å². The molecule has 3 rings (SSSR count). The smallest absolute Gasteiger partial charge is 0.186 e. The van der Waals surface area contributed by atoms with Gasteiger partial charge in [-0.1, -0.05) is 24.6 Å². The maximum atomic E-state index is 13.6. The summed E-state index contributed by atoms with van der Waals surface area (Å²) in [5, 5.41) is 11.0. The molecule has 1 saturated carbocycles. The molecule has 0 N–H and O–H groups in total. The summed E-state index contributed by atoms with van der Waals surface area (Å²) in [5.74, 6) is -0.0660. The second-order valence-electron chi connectivity index (χ2n) is 4.86.